The highest BCUT2D eigenvalue weighted by Crippen LogP contribution is 2.34. The number of rotatable bonds is 3. The minimum atomic E-state index is -0.250. The van der Waals surface area contributed by atoms with Gasteiger partial charge in [0.05, 0.1) is 11.0 Å². The molecular weight excluding hydrogens is 335 g/mol. The Kier molecular flexibility index (Phi) is 3.65. The van der Waals surface area contributed by atoms with Crippen LogP contribution in [0.3, 0.4) is 0 Å². The Balaban J connectivity index is 1.73. The van der Waals surface area contributed by atoms with Gasteiger partial charge in [-0.15, -0.1) is 0 Å². The maximum absolute atomic E-state index is 13.5. The summed E-state index contributed by atoms with van der Waals surface area (Å²) in [6.45, 7) is 0. The molecule has 0 aliphatic rings. The highest BCUT2D eigenvalue weighted by molar-refractivity contribution is 6.10. The van der Waals surface area contributed by atoms with Crippen LogP contribution < -0.4 is 5.32 Å². The van der Waals surface area contributed by atoms with Crippen LogP contribution in [0.25, 0.3) is 27.5 Å². The van der Waals surface area contributed by atoms with Gasteiger partial charge in [0.2, 0.25) is 0 Å². The molecule has 0 unspecified atom stereocenters. The van der Waals surface area contributed by atoms with Crippen molar-refractivity contribution in [3.8, 4) is 5.69 Å². The van der Waals surface area contributed by atoms with Crippen molar-refractivity contribution in [2.45, 2.75) is 0 Å². The minimum absolute atomic E-state index is 0.250. The van der Waals surface area contributed by atoms with Gasteiger partial charge >= 0.3 is 0 Å². The summed E-state index contributed by atoms with van der Waals surface area (Å²) < 4.78 is 15.8. The highest BCUT2D eigenvalue weighted by Gasteiger charge is 2.12. The number of hydrogen-bond donors (Lipinski definition) is 1. The fourth-order valence-corrected chi connectivity index (χ4v) is 3.64. The van der Waals surface area contributed by atoms with Crippen LogP contribution in [-0.4, -0.2) is 4.57 Å². The predicted octanol–water partition coefficient (Wildman–Crippen LogP) is 6.67. The van der Waals surface area contributed by atoms with Crippen LogP contribution in [0.15, 0.2) is 97.1 Å². The maximum Gasteiger partial charge on any atom is 0.125 e. The number of anilines is 2. The van der Waals surface area contributed by atoms with Gasteiger partial charge in [0.15, 0.2) is 0 Å². The molecule has 3 heteroatoms. The SMILES string of the molecule is Fc1cccc(Nc2ccc3c4ccccc4n(-c4ccccc4)c3c2)c1. The number of para-hydroxylation sites is 2. The van der Waals surface area contributed by atoms with Gasteiger partial charge in [-0.2, -0.15) is 0 Å². The maximum atomic E-state index is 13.5. The number of fused-ring (bicyclic) bond motifs is 3. The molecule has 1 heterocycles. The summed E-state index contributed by atoms with van der Waals surface area (Å²) in [4.78, 5) is 0. The summed E-state index contributed by atoms with van der Waals surface area (Å²) in [6.07, 6.45) is 0. The first kappa shape index (κ1) is 15.6. The second-order valence-corrected chi connectivity index (χ2v) is 6.56. The van der Waals surface area contributed by atoms with Gasteiger partial charge in [0.1, 0.15) is 5.82 Å². The molecule has 1 N–H and O–H groups in total. The van der Waals surface area contributed by atoms with Crippen LogP contribution in [0.2, 0.25) is 0 Å². The molecule has 0 saturated heterocycles. The van der Waals surface area contributed by atoms with Crippen molar-refractivity contribution < 1.29 is 4.39 Å². The van der Waals surface area contributed by atoms with Crippen LogP contribution in [0.4, 0.5) is 15.8 Å². The fourth-order valence-electron chi connectivity index (χ4n) is 3.64. The molecule has 0 fully saturated rings. The second-order valence-electron chi connectivity index (χ2n) is 6.56. The molecule has 0 radical (unpaired) electrons. The molecule has 0 aliphatic carbocycles. The average Bonchev–Trinajstić information content (AvgIpc) is 3.02. The molecule has 0 saturated carbocycles. The summed E-state index contributed by atoms with van der Waals surface area (Å²) in [7, 11) is 0. The smallest absolute Gasteiger partial charge is 0.125 e. The van der Waals surface area contributed by atoms with Gasteiger partial charge in [0.25, 0.3) is 0 Å². The molecule has 0 aliphatic heterocycles. The molecule has 1 aromatic heterocycles. The highest BCUT2D eigenvalue weighted by atomic mass is 19.1. The van der Waals surface area contributed by atoms with Gasteiger partial charge in [0, 0.05) is 27.8 Å². The largest absolute Gasteiger partial charge is 0.355 e. The van der Waals surface area contributed by atoms with Gasteiger partial charge in [-0.05, 0) is 48.5 Å². The molecule has 27 heavy (non-hydrogen) atoms. The van der Waals surface area contributed by atoms with Gasteiger partial charge < -0.3 is 9.88 Å². The first-order valence-corrected chi connectivity index (χ1v) is 8.91. The van der Waals surface area contributed by atoms with Gasteiger partial charge in [-0.1, -0.05) is 48.5 Å². The summed E-state index contributed by atoms with van der Waals surface area (Å²) in [5.41, 5.74) is 5.06. The van der Waals surface area contributed by atoms with E-state index in [4.69, 9.17) is 0 Å². The molecule has 0 bridgehead atoms. The van der Waals surface area contributed by atoms with Gasteiger partial charge in [-0.3, -0.25) is 0 Å². The van der Waals surface area contributed by atoms with Gasteiger partial charge in [-0.25, -0.2) is 4.39 Å². The van der Waals surface area contributed by atoms with Crippen molar-refractivity contribution >= 4 is 33.2 Å². The van der Waals surface area contributed by atoms with Crippen molar-refractivity contribution in [3.05, 3.63) is 103 Å². The van der Waals surface area contributed by atoms with E-state index in [-0.39, 0.29) is 5.82 Å². The molecule has 130 valence electrons. The van der Waals surface area contributed by atoms with Crippen LogP contribution in [0.5, 0.6) is 0 Å². The van der Waals surface area contributed by atoms with Crippen LogP contribution in [0, 0.1) is 5.82 Å². The Labute approximate surface area is 156 Å². The topological polar surface area (TPSA) is 17.0 Å². The van der Waals surface area contributed by atoms with E-state index in [1.165, 1.54) is 28.4 Å². The van der Waals surface area contributed by atoms with E-state index in [1.54, 1.807) is 6.07 Å². The van der Waals surface area contributed by atoms with Crippen molar-refractivity contribution in [1.29, 1.82) is 0 Å². The summed E-state index contributed by atoms with van der Waals surface area (Å²) >= 11 is 0. The quantitative estimate of drug-likeness (QED) is 0.384. The third-order valence-corrected chi connectivity index (χ3v) is 4.80. The van der Waals surface area contributed by atoms with Crippen LogP contribution >= 0.6 is 0 Å². The lowest BCUT2D eigenvalue weighted by molar-refractivity contribution is 0.628. The standard InChI is InChI=1S/C24H17FN2/c25-17-7-6-8-18(15-17)26-19-13-14-22-21-11-4-5-12-23(21)27(24(22)16-19)20-9-2-1-3-10-20/h1-16,26H. The van der Waals surface area contributed by atoms with Crippen LogP contribution in [0.1, 0.15) is 0 Å². The number of hydrogen-bond acceptors (Lipinski definition) is 1. The van der Waals surface area contributed by atoms with Crippen LogP contribution in [-0.2, 0) is 0 Å². The number of halogens is 1. The third kappa shape index (κ3) is 2.74. The lowest BCUT2D eigenvalue weighted by atomic mass is 10.1. The molecule has 4 aromatic carbocycles. The van der Waals surface area contributed by atoms with E-state index in [2.05, 4.69) is 58.4 Å². The third-order valence-electron chi connectivity index (χ3n) is 4.80. The summed E-state index contributed by atoms with van der Waals surface area (Å²) in [5, 5.41) is 5.72. The second kappa shape index (κ2) is 6.29. The summed E-state index contributed by atoms with van der Waals surface area (Å²) in [5.74, 6) is -0.250. The molecule has 0 atom stereocenters. The first-order valence-electron chi connectivity index (χ1n) is 8.91. The van der Waals surface area contributed by atoms with E-state index >= 15 is 0 Å². The molecule has 0 amide bonds. The van der Waals surface area contributed by atoms with Crippen molar-refractivity contribution in [3.63, 3.8) is 0 Å². The Morgan fingerprint density at radius 2 is 1.33 bits per heavy atom. The van der Waals surface area contributed by atoms with E-state index < -0.39 is 0 Å². The molecule has 0 spiro atoms. The normalized spacial score (nSPS) is 11.1. The zero-order chi connectivity index (χ0) is 18.2. The van der Waals surface area contributed by atoms with E-state index in [0.29, 0.717) is 0 Å². The number of aromatic nitrogens is 1. The van der Waals surface area contributed by atoms with E-state index in [0.717, 1.165) is 22.6 Å². The average molecular weight is 352 g/mol. The minimum Gasteiger partial charge on any atom is -0.355 e. The Morgan fingerprint density at radius 3 is 2.19 bits per heavy atom. The first-order chi connectivity index (χ1) is 13.3. The fraction of sp³-hybridized carbons (Fsp3) is 0. The number of benzene rings is 4. The van der Waals surface area contributed by atoms with E-state index in [9.17, 15) is 4.39 Å². The number of nitrogens with zero attached hydrogens (tertiary/aromatic N) is 1. The predicted molar refractivity (Wildman–Crippen MR) is 110 cm³/mol. The van der Waals surface area contributed by atoms with Crippen molar-refractivity contribution in [1.82, 2.24) is 4.57 Å². The zero-order valence-electron chi connectivity index (χ0n) is 14.6. The Hall–Kier alpha value is -3.59. The lowest BCUT2D eigenvalue weighted by Gasteiger charge is -2.10. The zero-order valence-corrected chi connectivity index (χ0v) is 14.6. The Bertz CT molecular complexity index is 1260. The van der Waals surface area contributed by atoms with Crippen molar-refractivity contribution in [2.75, 3.05) is 5.32 Å². The van der Waals surface area contributed by atoms with E-state index in [1.807, 2.05) is 30.3 Å². The molecule has 5 rings (SSSR count). The Morgan fingerprint density at radius 1 is 0.593 bits per heavy atom. The lowest BCUT2D eigenvalue weighted by Crippen LogP contribution is -1.95. The number of nitrogens with one attached hydrogen (secondary N) is 1. The molecular formula is C24H17FN2. The molecule has 2 nitrogen and oxygen atoms in total. The molecule has 5 aromatic rings. The van der Waals surface area contributed by atoms with Crippen molar-refractivity contribution in [2.24, 2.45) is 0 Å². The monoisotopic (exact) mass is 352 g/mol. The summed E-state index contributed by atoms with van der Waals surface area (Å²) in [6, 6.07) is 31.5.